The Morgan fingerprint density at radius 2 is 2.00 bits per heavy atom. The summed E-state index contributed by atoms with van der Waals surface area (Å²) >= 11 is 0. The van der Waals surface area contributed by atoms with E-state index in [0.717, 1.165) is 5.56 Å². The molecule has 0 saturated heterocycles. The van der Waals surface area contributed by atoms with Gasteiger partial charge < -0.3 is 15.2 Å². The Hall–Kier alpha value is -2.04. The minimum atomic E-state index is -0.989. The van der Waals surface area contributed by atoms with E-state index in [0.29, 0.717) is 17.4 Å². The van der Waals surface area contributed by atoms with E-state index < -0.39 is 5.97 Å². The highest BCUT2D eigenvalue weighted by molar-refractivity contribution is 5.93. The highest BCUT2D eigenvalue weighted by Gasteiger charge is 2.11. The van der Waals surface area contributed by atoms with E-state index in [-0.39, 0.29) is 18.7 Å². The van der Waals surface area contributed by atoms with Gasteiger partial charge in [0, 0.05) is 6.42 Å². The lowest BCUT2D eigenvalue weighted by Gasteiger charge is -2.13. The minimum Gasteiger partial charge on any atom is -0.495 e. The van der Waals surface area contributed by atoms with Crippen LogP contribution in [0.3, 0.4) is 0 Å². The number of nitrogens with one attached hydrogen (secondary N) is 1. The Morgan fingerprint density at radius 3 is 2.53 bits per heavy atom. The van der Waals surface area contributed by atoms with Gasteiger partial charge in [0.1, 0.15) is 5.75 Å². The van der Waals surface area contributed by atoms with Crippen LogP contribution < -0.4 is 10.1 Å². The third kappa shape index (κ3) is 4.62. The maximum Gasteiger partial charge on any atom is 0.303 e. The van der Waals surface area contributed by atoms with E-state index in [1.807, 2.05) is 12.1 Å². The van der Waals surface area contributed by atoms with Gasteiger partial charge in [0.25, 0.3) is 0 Å². The van der Waals surface area contributed by atoms with Crippen molar-refractivity contribution in [1.29, 1.82) is 0 Å². The number of carbonyl (C=O) groups is 2. The predicted molar refractivity (Wildman–Crippen MR) is 72.6 cm³/mol. The molecule has 0 aliphatic carbocycles. The van der Waals surface area contributed by atoms with Crippen molar-refractivity contribution in [2.45, 2.75) is 32.6 Å². The number of methoxy groups -OCH3 is 1. The summed E-state index contributed by atoms with van der Waals surface area (Å²) in [5.74, 6) is -0.379. The summed E-state index contributed by atoms with van der Waals surface area (Å²) in [7, 11) is 1.53. The fourth-order valence-corrected chi connectivity index (χ4v) is 1.60. The molecule has 19 heavy (non-hydrogen) atoms. The van der Waals surface area contributed by atoms with Gasteiger partial charge in [-0.1, -0.05) is 19.9 Å². The second-order valence-corrected chi connectivity index (χ2v) is 4.56. The smallest absolute Gasteiger partial charge is 0.303 e. The number of anilines is 1. The zero-order valence-electron chi connectivity index (χ0n) is 11.4. The van der Waals surface area contributed by atoms with E-state index in [9.17, 15) is 9.59 Å². The number of carboxylic acids is 1. The molecule has 1 aromatic rings. The van der Waals surface area contributed by atoms with E-state index in [2.05, 4.69) is 19.2 Å². The van der Waals surface area contributed by atoms with Crippen molar-refractivity contribution in [2.75, 3.05) is 12.4 Å². The first kappa shape index (κ1) is 15.0. The third-order valence-electron chi connectivity index (χ3n) is 2.73. The van der Waals surface area contributed by atoms with Crippen LogP contribution in [0.15, 0.2) is 18.2 Å². The molecule has 0 aliphatic heterocycles. The lowest BCUT2D eigenvalue weighted by Crippen LogP contribution is -2.14. The quantitative estimate of drug-likeness (QED) is 0.829. The fourth-order valence-electron chi connectivity index (χ4n) is 1.60. The van der Waals surface area contributed by atoms with Gasteiger partial charge >= 0.3 is 5.97 Å². The predicted octanol–water partition coefficient (Wildman–Crippen LogP) is 2.62. The van der Waals surface area contributed by atoms with Crippen LogP contribution in [0, 0.1) is 0 Å². The largest absolute Gasteiger partial charge is 0.495 e. The Balaban J connectivity index is 2.77. The van der Waals surface area contributed by atoms with Crippen molar-refractivity contribution in [3.8, 4) is 5.75 Å². The number of carboxylic acid groups (broad SMARTS) is 1. The normalized spacial score (nSPS) is 10.3. The number of ether oxygens (including phenoxy) is 1. The van der Waals surface area contributed by atoms with Crippen LogP contribution in [-0.2, 0) is 9.59 Å². The number of aliphatic carboxylic acids is 1. The Morgan fingerprint density at radius 1 is 1.32 bits per heavy atom. The molecule has 5 heteroatoms. The number of amides is 1. The van der Waals surface area contributed by atoms with Crippen molar-refractivity contribution >= 4 is 17.6 Å². The first-order valence-corrected chi connectivity index (χ1v) is 6.13. The highest BCUT2D eigenvalue weighted by Crippen LogP contribution is 2.28. The van der Waals surface area contributed by atoms with Crippen LogP contribution in [0.4, 0.5) is 5.69 Å². The summed E-state index contributed by atoms with van der Waals surface area (Å²) in [5, 5.41) is 11.2. The summed E-state index contributed by atoms with van der Waals surface area (Å²) in [6.45, 7) is 4.14. The number of benzene rings is 1. The molecular weight excluding hydrogens is 246 g/mol. The molecule has 0 unspecified atom stereocenters. The van der Waals surface area contributed by atoms with Crippen LogP contribution in [-0.4, -0.2) is 24.1 Å². The first-order valence-electron chi connectivity index (χ1n) is 6.13. The standard InChI is InChI=1S/C14H19NO4/c1-9(2)10-4-5-11(12(8-10)19-3)15-13(16)6-7-14(17)18/h4-5,8-9H,6-7H2,1-3H3,(H,15,16)(H,17,18). The molecule has 1 aromatic carbocycles. The lowest BCUT2D eigenvalue weighted by molar-refractivity contribution is -0.138. The average molecular weight is 265 g/mol. The molecule has 0 fully saturated rings. The minimum absolute atomic E-state index is 0.0512. The van der Waals surface area contributed by atoms with Crippen LogP contribution >= 0.6 is 0 Å². The van der Waals surface area contributed by atoms with Gasteiger partial charge in [0.15, 0.2) is 0 Å². The van der Waals surface area contributed by atoms with E-state index in [1.54, 1.807) is 6.07 Å². The van der Waals surface area contributed by atoms with Gasteiger partial charge in [0.2, 0.25) is 5.91 Å². The molecule has 0 aliphatic rings. The van der Waals surface area contributed by atoms with Crippen LogP contribution in [0.1, 0.15) is 38.2 Å². The van der Waals surface area contributed by atoms with Gasteiger partial charge in [-0.25, -0.2) is 0 Å². The summed E-state index contributed by atoms with van der Waals surface area (Å²) in [6, 6.07) is 5.56. The lowest BCUT2D eigenvalue weighted by atomic mass is 10.0. The summed E-state index contributed by atoms with van der Waals surface area (Å²) in [4.78, 5) is 22.0. The number of hydrogen-bond donors (Lipinski definition) is 2. The van der Waals surface area contributed by atoms with E-state index in [4.69, 9.17) is 9.84 Å². The van der Waals surface area contributed by atoms with Crippen molar-refractivity contribution in [2.24, 2.45) is 0 Å². The molecule has 5 nitrogen and oxygen atoms in total. The van der Waals surface area contributed by atoms with Gasteiger partial charge in [-0.2, -0.15) is 0 Å². The van der Waals surface area contributed by atoms with Gasteiger partial charge in [-0.05, 0) is 23.6 Å². The van der Waals surface area contributed by atoms with Crippen molar-refractivity contribution in [3.05, 3.63) is 23.8 Å². The van der Waals surface area contributed by atoms with Crippen molar-refractivity contribution in [3.63, 3.8) is 0 Å². The summed E-state index contributed by atoms with van der Waals surface area (Å²) in [6.07, 6.45) is -0.233. The van der Waals surface area contributed by atoms with Gasteiger partial charge in [0.05, 0.1) is 19.2 Å². The molecule has 0 radical (unpaired) electrons. The number of hydrogen-bond acceptors (Lipinski definition) is 3. The monoisotopic (exact) mass is 265 g/mol. The second-order valence-electron chi connectivity index (χ2n) is 4.56. The fraction of sp³-hybridized carbons (Fsp3) is 0.429. The maximum atomic E-state index is 11.6. The summed E-state index contributed by atoms with van der Waals surface area (Å²) < 4.78 is 5.23. The molecule has 0 bridgehead atoms. The van der Waals surface area contributed by atoms with Crippen LogP contribution in [0.25, 0.3) is 0 Å². The molecule has 104 valence electrons. The molecule has 2 N–H and O–H groups in total. The third-order valence-corrected chi connectivity index (χ3v) is 2.73. The van der Waals surface area contributed by atoms with Crippen LogP contribution in [0.2, 0.25) is 0 Å². The topological polar surface area (TPSA) is 75.6 Å². The first-order chi connectivity index (χ1) is 8.93. The number of carbonyl (C=O) groups excluding carboxylic acids is 1. The molecule has 1 rings (SSSR count). The molecule has 0 spiro atoms. The Bertz CT molecular complexity index is 469. The second kappa shape index (κ2) is 6.78. The van der Waals surface area contributed by atoms with E-state index in [1.165, 1.54) is 7.11 Å². The Kier molecular flexibility index (Phi) is 5.36. The van der Waals surface area contributed by atoms with E-state index >= 15 is 0 Å². The van der Waals surface area contributed by atoms with Crippen molar-refractivity contribution < 1.29 is 19.4 Å². The highest BCUT2D eigenvalue weighted by atomic mass is 16.5. The number of rotatable bonds is 6. The molecule has 0 heterocycles. The molecule has 0 atom stereocenters. The Labute approximate surface area is 112 Å². The average Bonchev–Trinajstić information content (AvgIpc) is 2.36. The molecule has 0 saturated carbocycles. The molecule has 0 aromatic heterocycles. The SMILES string of the molecule is COc1cc(C(C)C)ccc1NC(=O)CCC(=O)O. The van der Waals surface area contributed by atoms with Crippen LogP contribution in [0.5, 0.6) is 5.75 Å². The van der Waals surface area contributed by atoms with Gasteiger partial charge in [-0.15, -0.1) is 0 Å². The molecular formula is C14H19NO4. The molecule has 1 amide bonds. The zero-order chi connectivity index (χ0) is 14.4. The van der Waals surface area contributed by atoms with Crippen molar-refractivity contribution in [1.82, 2.24) is 0 Å². The maximum absolute atomic E-state index is 11.6. The summed E-state index contributed by atoms with van der Waals surface area (Å²) in [5.41, 5.74) is 1.67. The zero-order valence-corrected chi connectivity index (χ0v) is 11.4. The van der Waals surface area contributed by atoms with Gasteiger partial charge in [-0.3, -0.25) is 9.59 Å².